The lowest BCUT2D eigenvalue weighted by molar-refractivity contribution is 0.431. The van der Waals surface area contributed by atoms with Crippen LogP contribution in [0.4, 0.5) is 4.39 Å². The predicted octanol–water partition coefficient (Wildman–Crippen LogP) is 2.73. The van der Waals surface area contributed by atoms with E-state index in [9.17, 15) is 4.39 Å². The van der Waals surface area contributed by atoms with Crippen LogP contribution in [-0.4, -0.2) is 6.54 Å². The van der Waals surface area contributed by atoms with Crippen LogP contribution in [-0.2, 0) is 5.54 Å². The molecule has 1 unspecified atom stereocenters. The Morgan fingerprint density at radius 2 is 2.21 bits per heavy atom. The van der Waals surface area contributed by atoms with Gasteiger partial charge < -0.3 is 5.32 Å². The Bertz CT molecular complexity index is 340. The molecule has 1 N–H and O–H groups in total. The summed E-state index contributed by atoms with van der Waals surface area (Å²) >= 11 is 0. The van der Waals surface area contributed by atoms with Gasteiger partial charge in [0.2, 0.25) is 0 Å². The van der Waals surface area contributed by atoms with Gasteiger partial charge in [-0.2, -0.15) is 0 Å². The quantitative estimate of drug-likeness (QED) is 0.723. The fourth-order valence-electron chi connectivity index (χ4n) is 2.37. The highest BCUT2D eigenvalue weighted by Crippen LogP contribution is 2.32. The Kier molecular flexibility index (Phi) is 2.31. The van der Waals surface area contributed by atoms with Crippen LogP contribution in [0.5, 0.6) is 0 Å². The van der Waals surface area contributed by atoms with Gasteiger partial charge in [-0.15, -0.1) is 0 Å². The third-order valence-corrected chi connectivity index (χ3v) is 3.15. The zero-order chi connectivity index (χ0) is 10.2. The van der Waals surface area contributed by atoms with Crippen LogP contribution in [0.3, 0.4) is 0 Å². The van der Waals surface area contributed by atoms with Crippen LogP contribution in [0.1, 0.15) is 30.9 Å². The number of aryl methyl sites for hydroxylation is 1. The first-order chi connectivity index (χ1) is 6.62. The number of nitrogens with one attached hydrogen (secondary N) is 1. The highest BCUT2D eigenvalue weighted by atomic mass is 19.1. The predicted molar refractivity (Wildman–Crippen MR) is 55.7 cm³/mol. The SMILES string of the molecule is Cc1cc(F)ccc1C1(C)CCCN1. The first-order valence-electron chi connectivity index (χ1n) is 5.13. The smallest absolute Gasteiger partial charge is 0.123 e. The standard InChI is InChI=1S/C12H16FN/c1-9-8-10(13)4-5-11(9)12(2)6-3-7-14-12/h4-5,8,14H,3,6-7H2,1-2H3. The van der Waals surface area contributed by atoms with E-state index in [1.165, 1.54) is 12.0 Å². The van der Waals surface area contributed by atoms with E-state index in [-0.39, 0.29) is 11.4 Å². The van der Waals surface area contributed by atoms with E-state index >= 15 is 0 Å². The summed E-state index contributed by atoms with van der Waals surface area (Å²) in [4.78, 5) is 0. The molecular formula is C12H16FN. The van der Waals surface area contributed by atoms with Gasteiger partial charge in [0, 0.05) is 5.54 Å². The molecular weight excluding hydrogens is 177 g/mol. The third-order valence-electron chi connectivity index (χ3n) is 3.15. The van der Waals surface area contributed by atoms with Crippen molar-refractivity contribution in [3.05, 3.63) is 35.1 Å². The topological polar surface area (TPSA) is 12.0 Å². The van der Waals surface area contributed by atoms with Crippen molar-refractivity contribution in [3.8, 4) is 0 Å². The zero-order valence-electron chi connectivity index (χ0n) is 8.73. The minimum Gasteiger partial charge on any atom is -0.308 e. The molecule has 2 heteroatoms. The lowest BCUT2D eigenvalue weighted by Gasteiger charge is -2.26. The Morgan fingerprint density at radius 3 is 2.79 bits per heavy atom. The van der Waals surface area contributed by atoms with Crippen molar-refractivity contribution in [2.24, 2.45) is 0 Å². The first-order valence-corrected chi connectivity index (χ1v) is 5.13. The van der Waals surface area contributed by atoms with Gasteiger partial charge in [-0.05, 0) is 56.5 Å². The largest absolute Gasteiger partial charge is 0.308 e. The summed E-state index contributed by atoms with van der Waals surface area (Å²) < 4.78 is 12.9. The van der Waals surface area contributed by atoms with Crippen molar-refractivity contribution >= 4 is 0 Å². The molecule has 1 aliphatic heterocycles. The van der Waals surface area contributed by atoms with E-state index in [0.717, 1.165) is 18.5 Å². The second-order valence-electron chi connectivity index (χ2n) is 4.32. The second kappa shape index (κ2) is 3.35. The fourth-order valence-corrected chi connectivity index (χ4v) is 2.37. The average Bonchev–Trinajstić information content (AvgIpc) is 2.52. The maximum Gasteiger partial charge on any atom is 0.123 e. The molecule has 0 bridgehead atoms. The summed E-state index contributed by atoms with van der Waals surface area (Å²) in [5.74, 6) is -0.146. The van der Waals surface area contributed by atoms with Gasteiger partial charge in [0.1, 0.15) is 5.82 Å². The minimum absolute atomic E-state index is 0.0534. The Hall–Kier alpha value is -0.890. The number of hydrogen-bond acceptors (Lipinski definition) is 1. The summed E-state index contributed by atoms with van der Waals surface area (Å²) in [6.45, 7) is 5.23. The molecule has 2 rings (SSSR count). The van der Waals surface area contributed by atoms with E-state index < -0.39 is 0 Å². The lowest BCUT2D eigenvalue weighted by atomic mass is 9.87. The van der Waals surface area contributed by atoms with Crippen molar-refractivity contribution < 1.29 is 4.39 Å². The molecule has 1 heterocycles. The number of rotatable bonds is 1. The van der Waals surface area contributed by atoms with Crippen LogP contribution < -0.4 is 5.32 Å². The molecule has 1 saturated heterocycles. The summed E-state index contributed by atoms with van der Waals surface area (Å²) in [6.07, 6.45) is 2.34. The number of hydrogen-bond donors (Lipinski definition) is 1. The molecule has 0 amide bonds. The van der Waals surface area contributed by atoms with Gasteiger partial charge in [0.25, 0.3) is 0 Å². The Balaban J connectivity index is 2.40. The van der Waals surface area contributed by atoms with Gasteiger partial charge in [-0.1, -0.05) is 6.07 Å². The van der Waals surface area contributed by atoms with Crippen LogP contribution in [0.15, 0.2) is 18.2 Å². The molecule has 0 aromatic heterocycles. The molecule has 14 heavy (non-hydrogen) atoms. The molecule has 0 spiro atoms. The van der Waals surface area contributed by atoms with E-state index in [0.29, 0.717) is 0 Å². The Labute approximate surface area is 84.3 Å². The monoisotopic (exact) mass is 193 g/mol. The molecule has 1 aromatic rings. The molecule has 1 aromatic carbocycles. The van der Waals surface area contributed by atoms with Crippen molar-refractivity contribution in [1.29, 1.82) is 0 Å². The van der Waals surface area contributed by atoms with Gasteiger partial charge >= 0.3 is 0 Å². The fraction of sp³-hybridized carbons (Fsp3) is 0.500. The Morgan fingerprint density at radius 1 is 1.43 bits per heavy atom. The lowest BCUT2D eigenvalue weighted by Crippen LogP contribution is -2.33. The molecule has 1 aliphatic rings. The van der Waals surface area contributed by atoms with Crippen LogP contribution in [0.2, 0.25) is 0 Å². The minimum atomic E-state index is -0.146. The molecule has 0 aliphatic carbocycles. The van der Waals surface area contributed by atoms with Crippen molar-refractivity contribution in [3.63, 3.8) is 0 Å². The maximum atomic E-state index is 12.9. The first kappa shape index (κ1) is 9.66. The van der Waals surface area contributed by atoms with Crippen molar-refractivity contribution in [2.45, 2.75) is 32.2 Å². The molecule has 0 radical (unpaired) electrons. The summed E-state index contributed by atoms with van der Waals surface area (Å²) in [5, 5.41) is 3.49. The van der Waals surface area contributed by atoms with Crippen molar-refractivity contribution in [1.82, 2.24) is 5.32 Å². The van der Waals surface area contributed by atoms with Crippen LogP contribution in [0, 0.1) is 12.7 Å². The zero-order valence-corrected chi connectivity index (χ0v) is 8.73. The molecule has 76 valence electrons. The van der Waals surface area contributed by atoms with Crippen LogP contribution >= 0.6 is 0 Å². The second-order valence-corrected chi connectivity index (χ2v) is 4.32. The van der Waals surface area contributed by atoms with Crippen molar-refractivity contribution in [2.75, 3.05) is 6.54 Å². The van der Waals surface area contributed by atoms with Gasteiger partial charge in [-0.3, -0.25) is 0 Å². The van der Waals surface area contributed by atoms with Crippen LogP contribution in [0.25, 0.3) is 0 Å². The van der Waals surface area contributed by atoms with Gasteiger partial charge in [-0.25, -0.2) is 4.39 Å². The van der Waals surface area contributed by atoms with Gasteiger partial charge in [0.05, 0.1) is 0 Å². The van der Waals surface area contributed by atoms with Gasteiger partial charge in [0.15, 0.2) is 0 Å². The number of benzene rings is 1. The highest BCUT2D eigenvalue weighted by molar-refractivity contribution is 5.33. The molecule has 1 fully saturated rings. The normalized spacial score (nSPS) is 26.8. The molecule has 1 nitrogen and oxygen atoms in total. The van der Waals surface area contributed by atoms with E-state index in [1.54, 1.807) is 12.1 Å². The third kappa shape index (κ3) is 1.55. The van der Waals surface area contributed by atoms with E-state index in [2.05, 4.69) is 12.2 Å². The average molecular weight is 193 g/mol. The van der Waals surface area contributed by atoms with E-state index in [1.807, 2.05) is 13.0 Å². The summed E-state index contributed by atoms with van der Waals surface area (Å²) in [7, 11) is 0. The summed E-state index contributed by atoms with van der Waals surface area (Å²) in [6, 6.07) is 5.07. The van der Waals surface area contributed by atoms with E-state index in [4.69, 9.17) is 0 Å². The molecule has 0 saturated carbocycles. The highest BCUT2D eigenvalue weighted by Gasteiger charge is 2.30. The molecule has 1 atom stereocenters. The maximum absolute atomic E-state index is 12.9. The number of halogens is 1. The summed E-state index contributed by atoms with van der Waals surface area (Å²) in [5.41, 5.74) is 2.33.